The van der Waals surface area contributed by atoms with Gasteiger partial charge < -0.3 is 15.2 Å². The van der Waals surface area contributed by atoms with Gasteiger partial charge in [-0.3, -0.25) is 9.79 Å². The summed E-state index contributed by atoms with van der Waals surface area (Å²) in [6.07, 6.45) is 1.94. The Hall–Kier alpha value is -1.35. The molecule has 2 aromatic heterocycles. The summed E-state index contributed by atoms with van der Waals surface area (Å²) < 4.78 is 1.82. The Bertz CT molecular complexity index is 682. The van der Waals surface area contributed by atoms with Crippen LogP contribution in [0.25, 0.3) is 0 Å². The summed E-state index contributed by atoms with van der Waals surface area (Å²) in [6.45, 7) is 4.34. The first kappa shape index (κ1) is 20.7. The van der Waals surface area contributed by atoms with E-state index in [0.717, 1.165) is 44.1 Å². The van der Waals surface area contributed by atoms with Crippen molar-refractivity contribution < 1.29 is 0 Å². The Morgan fingerprint density at radius 2 is 2.08 bits per heavy atom. The zero-order chi connectivity index (χ0) is 16.5. The fraction of sp³-hybridized carbons (Fsp3) is 0.412. The summed E-state index contributed by atoms with van der Waals surface area (Å²) in [5, 5.41) is 10.8. The molecule has 0 unspecified atom stereocenters. The number of nitrogens with one attached hydrogen (secondary N) is 2. The molecule has 0 saturated carbocycles. The highest BCUT2D eigenvalue weighted by Gasteiger charge is 2.00. The van der Waals surface area contributed by atoms with Gasteiger partial charge in [-0.1, -0.05) is 6.07 Å². The molecule has 24 heavy (non-hydrogen) atoms. The molecule has 0 fully saturated rings. The van der Waals surface area contributed by atoms with E-state index in [2.05, 4.69) is 32.5 Å². The fourth-order valence-corrected chi connectivity index (χ4v) is 2.98. The first-order chi connectivity index (χ1) is 11.2. The third kappa shape index (κ3) is 6.64. The van der Waals surface area contributed by atoms with E-state index in [1.54, 1.807) is 30.5 Å². The van der Waals surface area contributed by atoms with Crippen LogP contribution in [0.2, 0.25) is 0 Å². The van der Waals surface area contributed by atoms with E-state index >= 15 is 0 Å². The molecule has 5 nitrogen and oxygen atoms in total. The first-order valence-corrected chi connectivity index (χ1v) is 8.77. The highest BCUT2D eigenvalue weighted by molar-refractivity contribution is 14.0. The maximum absolute atomic E-state index is 11.8. The van der Waals surface area contributed by atoms with E-state index < -0.39 is 0 Å². The number of aliphatic imine (C=N–C) groups is 1. The number of hydrogen-bond donors (Lipinski definition) is 2. The van der Waals surface area contributed by atoms with Crippen molar-refractivity contribution in [3.05, 3.63) is 56.6 Å². The normalized spacial score (nSPS) is 11.0. The number of aryl methyl sites for hydroxylation is 1. The molecule has 0 spiro atoms. The number of aromatic nitrogens is 1. The zero-order valence-corrected chi connectivity index (χ0v) is 17.3. The van der Waals surface area contributed by atoms with E-state index in [-0.39, 0.29) is 29.5 Å². The third-order valence-corrected chi connectivity index (χ3v) is 4.36. The maximum atomic E-state index is 11.8. The SMILES string of the molecule is CN=C(NCCCCn1c(C)cccc1=O)NCc1ccsc1.I. The van der Waals surface area contributed by atoms with Gasteiger partial charge in [0.2, 0.25) is 0 Å². The smallest absolute Gasteiger partial charge is 0.250 e. The Kier molecular flexibility index (Phi) is 9.70. The van der Waals surface area contributed by atoms with Crippen LogP contribution in [0.4, 0.5) is 0 Å². The molecule has 0 radical (unpaired) electrons. The molecule has 0 bridgehead atoms. The highest BCUT2D eigenvalue weighted by atomic mass is 127. The van der Waals surface area contributed by atoms with Crippen molar-refractivity contribution in [3.63, 3.8) is 0 Å². The number of halogens is 1. The van der Waals surface area contributed by atoms with E-state index in [1.165, 1.54) is 5.56 Å². The Balaban J connectivity index is 0.00000288. The van der Waals surface area contributed by atoms with Gasteiger partial charge in [0.25, 0.3) is 5.56 Å². The molecule has 0 atom stereocenters. The van der Waals surface area contributed by atoms with Crippen LogP contribution in [-0.4, -0.2) is 24.1 Å². The van der Waals surface area contributed by atoms with Gasteiger partial charge in [-0.15, -0.1) is 24.0 Å². The summed E-state index contributed by atoms with van der Waals surface area (Å²) in [5.41, 5.74) is 2.35. The lowest BCUT2D eigenvalue weighted by Gasteiger charge is -2.12. The van der Waals surface area contributed by atoms with Gasteiger partial charge in [0.1, 0.15) is 0 Å². The van der Waals surface area contributed by atoms with Crippen molar-refractivity contribution in [1.82, 2.24) is 15.2 Å². The summed E-state index contributed by atoms with van der Waals surface area (Å²) in [4.78, 5) is 16.0. The summed E-state index contributed by atoms with van der Waals surface area (Å²) in [6, 6.07) is 7.49. The predicted octanol–water partition coefficient (Wildman–Crippen LogP) is 2.98. The van der Waals surface area contributed by atoms with Gasteiger partial charge in [0.15, 0.2) is 5.96 Å². The quantitative estimate of drug-likeness (QED) is 0.289. The van der Waals surface area contributed by atoms with Crippen molar-refractivity contribution in [2.24, 2.45) is 4.99 Å². The van der Waals surface area contributed by atoms with Gasteiger partial charge in [0, 0.05) is 38.4 Å². The van der Waals surface area contributed by atoms with Gasteiger partial charge in [0.05, 0.1) is 0 Å². The lowest BCUT2D eigenvalue weighted by molar-refractivity contribution is 0.575. The topological polar surface area (TPSA) is 58.4 Å². The molecule has 0 saturated heterocycles. The van der Waals surface area contributed by atoms with Crippen LogP contribution in [0, 0.1) is 6.92 Å². The van der Waals surface area contributed by atoms with Crippen LogP contribution in [0.1, 0.15) is 24.1 Å². The number of pyridine rings is 1. The largest absolute Gasteiger partial charge is 0.356 e. The highest BCUT2D eigenvalue weighted by Crippen LogP contribution is 2.04. The minimum atomic E-state index is 0. The molecule has 0 aliphatic heterocycles. The van der Waals surface area contributed by atoms with Crippen LogP contribution in [0.15, 0.2) is 44.8 Å². The monoisotopic (exact) mass is 460 g/mol. The van der Waals surface area contributed by atoms with Crippen molar-refractivity contribution in [2.75, 3.05) is 13.6 Å². The number of guanidine groups is 1. The van der Waals surface area contributed by atoms with Gasteiger partial charge in [-0.2, -0.15) is 11.3 Å². The van der Waals surface area contributed by atoms with Crippen LogP contribution in [0.5, 0.6) is 0 Å². The molecule has 0 aliphatic rings. The van der Waals surface area contributed by atoms with E-state index in [4.69, 9.17) is 0 Å². The molecule has 0 aromatic carbocycles. The van der Waals surface area contributed by atoms with Crippen LogP contribution < -0.4 is 16.2 Å². The lowest BCUT2D eigenvalue weighted by Crippen LogP contribution is -2.37. The van der Waals surface area contributed by atoms with Crippen molar-refractivity contribution >= 4 is 41.3 Å². The summed E-state index contributed by atoms with van der Waals surface area (Å²) >= 11 is 1.70. The third-order valence-electron chi connectivity index (χ3n) is 3.63. The predicted molar refractivity (Wildman–Crippen MR) is 113 cm³/mol. The molecule has 0 aliphatic carbocycles. The molecule has 7 heteroatoms. The second-order valence-electron chi connectivity index (χ2n) is 5.35. The standard InChI is InChI=1S/C17H24N4OS.HI/c1-14-6-5-7-16(22)21(14)10-4-3-9-19-17(18-2)20-12-15-8-11-23-13-15;/h5-8,11,13H,3-4,9-10,12H2,1-2H3,(H2,18,19,20);1H. The molecule has 2 aromatic rings. The molecule has 2 rings (SSSR count). The number of nitrogens with zero attached hydrogens (tertiary/aromatic N) is 2. The lowest BCUT2D eigenvalue weighted by atomic mass is 10.3. The molecule has 2 heterocycles. The second kappa shape index (κ2) is 11.2. The first-order valence-electron chi connectivity index (χ1n) is 7.83. The number of thiophene rings is 1. The van der Waals surface area contributed by atoms with Crippen LogP contribution >= 0.6 is 35.3 Å². The molecule has 2 N–H and O–H groups in total. The average Bonchev–Trinajstić information content (AvgIpc) is 3.06. The minimum absolute atomic E-state index is 0. The van der Waals surface area contributed by atoms with E-state index in [1.807, 2.05) is 17.6 Å². The molecular formula is C17H25IN4OS. The minimum Gasteiger partial charge on any atom is -0.356 e. The summed E-state index contributed by atoms with van der Waals surface area (Å²) in [5.74, 6) is 0.809. The maximum Gasteiger partial charge on any atom is 0.250 e. The van der Waals surface area contributed by atoms with Crippen molar-refractivity contribution in [1.29, 1.82) is 0 Å². The van der Waals surface area contributed by atoms with Gasteiger partial charge in [-0.25, -0.2) is 0 Å². The van der Waals surface area contributed by atoms with Gasteiger partial charge >= 0.3 is 0 Å². The average molecular weight is 460 g/mol. The van der Waals surface area contributed by atoms with Crippen molar-refractivity contribution in [2.45, 2.75) is 32.9 Å². The Morgan fingerprint density at radius 3 is 2.75 bits per heavy atom. The fourth-order valence-electron chi connectivity index (χ4n) is 2.31. The van der Waals surface area contributed by atoms with E-state index in [9.17, 15) is 4.79 Å². The number of rotatable bonds is 7. The Labute approximate surface area is 164 Å². The van der Waals surface area contributed by atoms with Gasteiger partial charge in [-0.05, 0) is 48.2 Å². The Morgan fingerprint density at radius 1 is 1.25 bits per heavy atom. The molecule has 132 valence electrons. The summed E-state index contributed by atoms with van der Waals surface area (Å²) in [7, 11) is 1.77. The molecular weight excluding hydrogens is 435 g/mol. The van der Waals surface area contributed by atoms with Crippen molar-refractivity contribution in [3.8, 4) is 0 Å². The molecule has 0 amide bonds. The van der Waals surface area contributed by atoms with E-state index in [0.29, 0.717) is 0 Å². The zero-order valence-electron chi connectivity index (χ0n) is 14.1. The van der Waals surface area contributed by atoms with Crippen LogP contribution in [-0.2, 0) is 13.1 Å². The second-order valence-corrected chi connectivity index (χ2v) is 6.13. The number of hydrogen-bond acceptors (Lipinski definition) is 3. The van der Waals surface area contributed by atoms with Crippen LogP contribution in [0.3, 0.4) is 0 Å². The number of unbranched alkanes of at least 4 members (excludes halogenated alkanes) is 1.